The minimum absolute atomic E-state index is 0.117. The maximum absolute atomic E-state index is 11.0. The summed E-state index contributed by atoms with van der Waals surface area (Å²) < 4.78 is 7.81. The Bertz CT molecular complexity index is 413. The number of carbonyl (C=O) groups excluding carboxylic acids is 2. The fourth-order valence-corrected chi connectivity index (χ4v) is 1.64. The van der Waals surface area contributed by atoms with Gasteiger partial charge in [0.2, 0.25) is 0 Å². The van der Waals surface area contributed by atoms with E-state index in [0.717, 1.165) is 0 Å². The van der Waals surface area contributed by atoms with Crippen molar-refractivity contribution in [2.24, 2.45) is 0 Å². The van der Waals surface area contributed by atoms with Crippen LogP contribution >= 0.6 is 23.7 Å². The molecule has 0 saturated heterocycles. The first-order valence-corrected chi connectivity index (χ1v) is 7.00. The van der Waals surface area contributed by atoms with Crippen LogP contribution in [0.5, 0.6) is 0 Å². The van der Waals surface area contributed by atoms with E-state index in [9.17, 15) is 9.59 Å². The van der Waals surface area contributed by atoms with E-state index < -0.39 is 11.9 Å². The molecule has 0 aliphatic heterocycles. The molecule has 0 bridgehead atoms. The predicted molar refractivity (Wildman–Crippen MR) is 80.2 cm³/mol. The van der Waals surface area contributed by atoms with Crippen LogP contribution in [0.15, 0.2) is 18.3 Å². The van der Waals surface area contributed by atoms with Crippen molar-refractivity contribution in [2.45, 2.75) is 20.8 Å². The summed E-state index contributed by atoms with van der Waals surface area (Å²) in [5.41, 5.74) is -0.374. The molecule has 1 aromatic heterocycles. The van der Waals surface area contributed by atoms with Gasteiger partial charge in [-0.3, -0.25) is 0 Å². The van der Waals surface area contributed by atoms with Crippen LogP contribution in [0.25, 0.3) is 0 Å². The number of halogens is 2. The van der Waals surface area contributed by atoms with Crippen molar-refractivity contribution in [3.8, 4) is 0 Å². The predicted octanol–water partition coefficient (Wildman–Crippen LogP) is 3.05. The van der Waals surface area contributed by atoms with E-state index in [1.165, 1.54) is 38.0 Å². The molecule has 118 valence electrons. The average molecular weight is 337 g/mol. The van der Waals surface area contributed by atoms with Gasteiger partial charge in [-0.05, 0) is 31.8 Å². The molecule has 0 aliphatic rings. The minimum Gasteiger partial charge on any atom is -0.343 e. The number of nitrogens with zero attached hydrogens (tertiary/aromatic N) is 2. The van der Waals surface area contributed by atoms with Crippen LogP contribution in [0.3, 0.4) is 0 Å². The van der Waals surface area contributed by atoms with Crippen LogP contribution < -0.4 is 0 Å². The lowest BCUT2D eigenvalue weighted by molar-refractivity contribution is 0.0704. The molecule has 0 unspecified atom stereocenters. The average Bonchev–Trinajstić information content (AvgIpc) is 2.55. The van der Waals surface area contributed by atoms with Gasteiger partial charge < -0.3 is 13.5 Å². The Hall–Kier alpha value is -1.37. The molecule has 0 amide bonds. The molecule has 0 saturated carbocycles. The second-order valence-electron chi connectivity index (χ2n) is 3.75. The van der Waals surface area contributed by atoms with Gasteiger partial charge >= 0.3 is 11.9 Å². The third-order valence-electron chi connectivity index (χ3n) is 2.70. The molecule has 8 heteroatoms. The lowest BCUT2D eigenvalue weighted by Gasteiger charge is -2.13. The van der Waals surface area contributed by atoms with Crippen LogP contribution in [0.4, 0.5) is 0 Å². The lowest BCUT2D eigenvalue weighted by atomic mass is 10.2. The second kappa shape index (κ2) is 11.3. The Labute approximate surface area is 134 Å². The van der Waals surface area contributed by atoms with E-state index in [2.05, 4.69) is 39.2 Å². The molecule has 21 heavy (non-hydrogen) atoms. The van der Waals surface area contributed by atoms with Gasteiger partial charge in [0.05, 0.1) is 5.56 Å². The summed E-state index contributed by atoms with van der Waals surface area (Å²) in [5.74, 6) is -1.86. The quantitative estimate of drug-likeness (QED) is 0.823. The molecule has 0 radical (unpaired) electrons. The van der Waals surface area contributed by atoms with E-state index in [1.54, 1.807) is 0 Å². The number of rotatable bonds is 5. The second-order valence-corrected chi connectivity index (χ2v) is 4.06. The summed E-state index contributed by atoms with van der Waals surface area (Å²) >= 11 is 9.68. The Morgan fingerprint density at radius 1 is 1.10 bits per heavy atom. The third-order valence-corrected chi connectivity index (χ3v) is 2.98. The smallest absolute Gasteiger partial charge is 0.343 e. The number of hydrogen-bond donors (Lipinski definition) is 0. The van der Waals surface area contributed by atoms with Crippen molar-refractivity contribution in [2.75, 3.05) is 19.6 Å². The van der Waals surface area contributed by atoms with E-state index in [1.807, 2.05) is 0 Å². The Morgan fingerprint density at radius 2 is 1.62 bits per heavy atom. The fraction of sp³-hybridized carbons (Fsp3) is 0.462. The van der Waals surface area contributed by atoms with Crippen LogP contribution in [0, 0.1) is 0 Å². The normalized spacial score (nSPS) is 9.62. The summed E-state index contributed by atoms with van der Waals surface area (Å²) in [5, 5.41) is 0. The van der Waals surface area contributed by atoms with E-state index >= 15 is 0 Å². The maximum Gasteiger partial charge on any atom is 0.375 e. The molecule has 0 spiro atoms. The van der Waals surface area contributed by atoms with E-state index in [4.69, 9.17) is 23.7 Å². The van der Waals surface area contributed by atoms with Crippen molar-refractivity contribution in [3.63, 3.8) is 0 Å². The molecule has 0 aromatic carbocycles. The molecular weight excluding hydrogens is 319 g/mol. The van der Waals surface area contributed by atoms with Crippen LogP contribution in [-0.4, -0.2) is 41.5 Å². The Morgan fingerprint density at radius 3 is 2.00 bits per heavy atom. The number of carbonyl (C=O) groups is 2. The van der Waals surface area contributed by atoms with Crippen molar-refractivity contribution < 1.29 is 18.2 Å². The minimum atomic E-state index is -0.954. The molecule has 1 heterocycles. The van der Waals surface area contributed by atoms with E-state index in [0.29, 0.717) is 0 Å². The first-order chi connectivity index (χ1) is 10.0. The van der Waals surface area contributed by atoms with Gasteiger partial charge in [-0.15, -0.1) is 0 Å². The van der Waals surface area contributed by atoms with Gasteiger partial charge in [0.25, 0.3) is 0 Å². The zero-order chi connectivity index (χ0) is 16.3. The molecule has 0 fully saturated rings. The summed E-state index contributed by atoms with van der Waals surface area (Å²) in [7, 11) is 0. The first kappa shape index (κ1) is 19.6. The monoisotopic (exact) mass is 336 g/mol. The Kier molecular flexibility index (Phi) is 10.6. The molecule has 0 atom stereocenters. The summed E-state index contributed by atoms with van der Waals surface area (Å²) in [4.78, 5) is 28.0. The third kappa shape index (κ3) is 6.75. The Balaban J connectivity index is 0.000000486. The zero-order valence-corrected chi connectivity index (χ0v) is 13.6. The highest BCUT2D eigenvalue weighted by atomic mass is 35.5. The SMILES string of the molecule is CCN(CC)CC.O=C(OCl)c1cccnc1C(=O)OCl. The molecule has 0 N–H and O–H groups in total. The molecule has 1 rings (SSSR count). The van der Waals surface area contributed by atoms with Crippen molar-refractivity contribution in [3.05, 3.63) is 29.6 Å². The van der Waals surface area contributed by atoms with Crippen molar-refractivity contribution >= 4 is 35.7 Å². The molecule has 0 aliphatic carbocycles. The maximum atomic E-state index is 11.0. The van der Waals surface area contributed by atoms with Crippen LogP contribution in [0.1, 0.15) is 41.6 Å². The van der Waals surface area contributed by atoms with Gasteiger partial charge in [-0.1, -0.05) is 20.8 Å². The van der Waals surface area contributed by atoms with Crippen molar-refractivity contribution in [1.29, 1.82) is 0 Å². The largest absolute Gasteiger partial charge is 0.375 e. The van der Waals surface area contributed by atoms with Gasteiger partial charge in [-0.2, -0.15) is 0 Å². The number of hydrogen-bond acceptors (Lipinski definition) is 6. The molecule has 1 aromatic rings. The lowest BCUT2D eigenvalue weighted by Crippen LogP contribution is -2.21. The number of aromatic nitrogens is 1. The zero-order valence-electron chi connectivity index (χ0n) is 12.1. The molecule has 6 nitrogen and oxygen atoms in total. The van der Waals surface area contributed by atoms with Crippen LogP contribution in [0.2, 0.25) is 0 Å². The first-order valence-electron chi connectivity index (χ1n) is 6.38. The van der Waals surface area contributed by atoms with Gasteiger partial charge in [0, 0.05) is 6.20 Å². The highest BCUT2D eigenvalue weighted by Gasteiger charge is 2.20. The topological polar surface area (TPSA) is 68.7 Å². The van der Waals surface area contributed by atoms with E-state index in [-0.39, 0.29) is 11.3 Å². The summed E-state index contributed by atoms with van der Waals surface area (Å²) in [6.45, 7) is 10.1. The summed E-state index contributed by atoms with van der Waals surface area (Å²) in [6.07, 6.45) is 1.30. The number of pyridine rings is 1. The van der Waals surface area contributed by atoms with Gasteiger partial charge in [0.15, 0.2) is 5.69 Å². The van der Waals surface area contributed by atoms with Gasteiger partial charge in [-0.25, -0.2) is 14.6 Å². The molecular formula is C13H18Cl2N2O4. The van der Waals surface area contributed by atoms with Crippen LogP contribution in [-0.2, 0) is 8.58 Å². The highest BCUT2D eigenvalue weighted by Crippen LogP contribution is 2.10. The van der Waals surface area contributed by atoms with Gasteiger partial charge in [0.1, 0.15) is 23.7 Å². The standard InChI is InChI=1S/C7H3Cl2NO4.C6H15N/c8-13-6(11)4-2-1-3-10-5(4)7(12)14-9;1-4-7(5-2)6-3/h1-3H;4-6H2,1-3H3. The highest BCUT2D eigenvalue weighted by molar-refractivity contribution is 6.19. The van der Waals surface area contributed by atoms with Crippen molar-refractivity contribution in [1.82, 2.24) is 9.88 Å². The fourth-order valence-electron chi connectivity index (χ4n) is 1.48. The summed E-state index contributed by atoms with van der Waals surface area (Å²) in [6, 6.07) is 2.75.